The highest BCUT2D eigenvalue weighted by Crippen LogP contribution is 2.18. The lowest BCUT2D eigenvalue weighted by molar-refractivity contribution is -0.133. The fourth-order valence-corrected chi connectivity index (χ4v) is 1.66. The Morgan fingerprint density at radius 2 is 2.00 bits per heavy atom. The van der Waals surface area contributed by atoms with Gasteiger partial charge in [0.2, 0.25) is 0 Å². The highest BCUT2D eigenvalue weighted by molar-refractivity contribution is 5.77. The first-order valence-electron chi connectivity index (χ1n) is 5.71. The molecule has 0 bridgehead atoms. The van der Waals surface area contributed by atoms with E-state index in [-0.39, 0.29) is 18.6 Å². The molecule has 2 rings (SSSR count). The molecule has 19 heavy (non-hydrogen) atoms. The fourth-order valence-electron chi connectivity index (χ4n) is 1.66. The second kappa shape index (κ2) is 5.40. The van der Waals surface area contributed by atoms with Crippen molar-refractivity contribution in [3.63, 3.8) is 0 Å². The molecule has 0 saturated carbocycles. The molecule has 0 unspecified atom stereocenters. The first-order chi connectivity index (χ1) is 8.96. The van der Waals surface area contributed by atoms with Crippen molar-refractivity contribution in [2.24, 2.45) is 0 Å². The Kier molecular flexibility index (Phi) is 3.84. The van der Waals surface area contributed by atoms with Gasteiger partial charge in [0.15, 0.2) is 0 Å². The largest absolute Gasteiger partial charge is 0.390 e. The maximum atomic E-state index is 11.9. The van der Waals surface area contributed by atoms with Crippen LogP contribution in [0.1, 0.15) is 12.2 Å². The number of fused-ring (bicyclic) bond motifs is 1. The molecule has 1 aromatic carbocycles. The number of alkyl halides is 3. The number of halogens is 3. The Bertz CT molecular complexity index is 621. The molecule has 0 spiro atoms. The molecule has 0 aliphatic rings. The van der Waals surface area contributed by atoms with E-state index in [1.165, 1.54) is 0 Å². The minimum absolute atomic E-state index is 0.0934. The standard InChI is InChI=1S/C12H12F3N3O/c13-12(14,15)5-6-16-7-10-17-9-4-2-1-3-8(9)11(19)18-10/h1-4,16H,5-7H2,(H,17,18,19). The minimum Gasteiger partial charge on any atom is -0.310 e. The van der Waals surface area contributed by atoms with Gasteiger partial charge in [-0.05, 0) is 12.1 Å². The number of aromatic amines is 1. The second-order valence-electron chi connectivity index (χ2n) is 4.07. The van der Waals surface area contributed by atoms with Gasteiger partial charge in [-0.3, -0.25) is 4.79 Å². The average molecular weight is 271 g/mol. The summed E-state index contributed by atoms with van der Waals surface area (Å²) >= 11 is 0. The zero-order valence-electron chi connectivity index (χ0n) is 9.92. The predicted octanol–water partition coefficient (Wildman–Crippen LogP) is 1.97. The van der Waals surface area contributed by atoms with E-state index in [2.05, 4.69) is 15.3 Å². The van der Waals surface area contributed by atoms with Crippen LogP contribution in [0.15, 0.2) is 29.1 Å². The first kappa shape index (κ1) is 13.5. The lowest BCUT2D eigenvalue weighted by atomic mass is 10.2. The van der Waals surface area contributed by atoms with Crippen LogP contribution < -0.4 is 10.9 Å². The number of H-pyrrole nitrogens is 1. The van der Waals surface area contributed by atoms with Gasteiger partial charge < -0.3 is 10.3 Å². The smallest absolute Gasteiger partial charge is 0.310 e. The highest BCUT2D eigenvalue weighted by Gasteiger charge is 2.25. The third-order valence-electron chi connectivity index (χ3n) is 2.54. The summed E-state index contributed by atoms with van der Waals surface area (Å²) in [5.74, 6) is 0.325. The van der Waals surface area contributed by atoms with Gasteiger partial charge in [-0.1, -0.05) is 12.1 Å². The second-order valence-corrected chi connectivity index (χ2v) is 4.07. The van der Waals surface area contributed by atoms with Crippen LogP contribution in [0.4, 0.5) is 13.2 Å². The number of hydrogen-bond donors (Lipinski definition) is 2. The van der Waals surface area contributed by atoms with Crippen molar-refractivity contribution >= 4 is 10.9 Å². The van der Waals surface area contributed by atoms with Crippen LogP contribution in [0.2, 0.25) is 0 Å². The van der Waals surface area contributed by atoms with Gasteiger partial charge >= 0.3 is 6.18 Å². The Morgan fingerprint density at radius 1 is 1.26 bits per heavy atom. The number of nitrogens with zero attached hydrogens (tertiary/aromatic N) is 1. The highest BCUT2D eigenvalue weighted by atomic mass is 19.4. The van der Waals surface area contributed by atoms with Crippen molar-refractivity contribution in [2.75, 3.05) is 6.54 Å². The van der Waals surface area contributed by atoms with E-state index < -0.39 is 12.6 Å². The van der Waals surface area contributed by atoms with Crippen LogP contribution in [0, 0.1) is 0 Å². The van der Waals surface area contributed by atoms with E-state index in [0.29, 0.717) is 16.7 Å². The lowest BCUT2D eigenvalue weighted by Crippen LogP contribution is -2.23. The molecule has 0 amide bonds. The third kappa shape index (κ3) is 3.78. The van der Waals surface area contributed by atoms with E-state index in [9.17, 15) is 18.0 Å². The van der Waals surface area contributed by atoms with Gasteiger partial charge in [-0.15, -0.1) is 0 Å². The quantitative estimate of drug-likeness (QED) is 0.836. The fraction of sp³-hybridized carbons (Fsp3) is 0.333. The van der Waals surface area contributed by atoms with E-state index in [0.717, 1.165) is 0 Å². The van der Waals surface area contributed by atoms with E-state index in [1.807, 2.05) is 0 Å². The van der Waals surface area contributed by atoms with Gasteiger partial charge in [-0.25, -0.2) is 4.98 Å². The normalized spacial score (nSPS) is 11.9. The molecule has 1 aromatic heterocycles. The van der Waals surface area contributed by atoms with E-state index in [1.54, 1.807) is 24.3 Å². The number of para-hydroxylation sites is 1. The molecule has 0 aliphatic carbocycles. The Morgan fingerprint density at radius 3 is 2.74 bits per heavy atom. The molecule has 0 fully saturated rings. The molecular formula is C12H12F3N3O. The van der Waals surface area contributed by atoms with Crippen LogP contribution in [-0.4, -0.2) is 22.7 Å². The van der Waals surface area contributed by atoms with Gasteiger partial charge in [0.05, 0.1) is 23.9 Å². The van der Waals surface area contributed by atoms with Crippen molar-refractivity contribution < 1.29 is 13.2 Å². The summed E-state index contributed by atoms with van der Waals surface area (Å²) in [4.78, 5) is 18.4. The number of nitrogens with one attached hydrogen (secondary N) is 2. The van der Waals surface area contributed by atoms with Crippen LogP contribution in [0.25, 0.3) is 10.9 Å². The molecule has 0 aliphatic heterocycles. The SMILES string of the molecule is O=c1[nH]c(CNCCC(F)(F)F)nc2ccccc12. The maximum Gasteiger partial charge on any atom is 0.390 e. The first-order valence-corrected chi connectivity index (χ1v) is 5.71. The van der Waals surface area contributed by atoms with Gasteiger partial charge in [0.1, 0.15) is 5.82 Å². The van der Waals surface area contributed by atoms with E-state index >= 15 is 0 Å². The van der Waals surface area contributed by atoms with Crippen LogP contribution in [-0.2, 0) is 6.54 Å². The number of hydrogen-bond acceptors (Lipinski definition) is 3. The van der Waals surface area contributed by atoms with Crippen molar-refractivity contribution in [1.29, 1.82) is 0 Å². The topological polar surface area (TPSA) is 57.8 Å². The van der Waals surface area contributed by atoms with Gasteiger partial charge in [-0.2, -0.15) is 13.2 Å². The predicted molar refractivity (Wildman–Crippen MR) is 64.7 cm³/mol. The molecule has 0 atom stereocenters. The molecule has 0 saturated heterocycles. The number of benzene rings is 1. The minimum atomic E-state index is -4.18. The Hall–Kier alpha value is -1.89. The third-order valence-corrected chi connectivity index (χ3v) is 2.54. The molecular weight excluding hydrogens is 259 g/mol. The Balaban J connectivity index is 2.04. The van der Waals surface area contributed by atoms with Crippen LogP contribution >= 0.6 is 0 Å². The number of rotatable bonds is 4. The summed E-state index contributed by atoms with van der Waals surface area (Å²) in [5, 5.41) is 3.06. The van der Waals surface area contributed by atoms with Crippen LogP contribution in [0.3, 0.4) is 0 Å². The molecule has 2 N–H and O–H groups in total. The van der Waals surface area contributed by atoms with Crippen molar-refractivity contribution in [3.05, 3.63) is 40.4 Å². The van der Waals surface area contributed by atoms with Crippen molar-refractivity contribution in [2.45, 2.75) is 19.1 Å². The molecule has 7 heteroatoms. The zero-order chi connectivity index (χ0) is 13.9. The molecule has 0 radical (unpaired) electrons. The summed E-state index contributed by atoms with van der Waals surface area (Å²) in [7, 11) is 0. The van der Waals surface area contributed by atoms with Gasteiger partial charge in [0, 0.05) is 6.54 Å². The van der Waals surface area contributed by atoms with Crippen molar-refractivity contribution in [3.8, 4) is 0 Å². The maximum absolute atomic E-state index is 11.9. The summed E-state index contributed by atoms with van der Waals surface area (Å²) in [6, 6.07) is 6.79. The van der Waals surface area contributed by atoms with Crippen LogP contribution in [0.5, 0.6) is 0 Å². The summed E-state index contributed by atoms with van der Waals surface area (Å²) in [5.41, 5.74) is 0.233. The van der Waals surface area contributed by atoms with Crippen molar-refractivity contribution in [1.82, 2.24) is 15.3 Å². The molecule has 4 nitrogen and oxygen atoms in total. The summed E-state index contributed by atoms with van der Waals surface area (Å²) in [6.07, 6.45) is -5.10. The molecule has 1 heterocycles. The number of aromatic nitrogens is 2. The monoisotopic (exact) mass is 271 g/mol. The molecule has 102 valence electrons. The Labute approximate surface area is 106 Å². The molecule has 2 aromatic rings. The lowest BCUT2D eigenvalue weighted by Gasteiger charge is -2.07. The summed E-state index contributed by atoms with van der Waals surface area (Å²) in [6.45, 7) is -0.115. The average Bonchev–Trinajstić information content (AvgIpc) is 2.34. The summed E-state index contributed by atoms with van der Waals surface area (Å²) < 4.78 is 35.8. The van der Waals surface area contributed by atoms with Gasteiger partial charge in [0.25, 0.3) is 5.56 Å². The zero-order valence-corrected chi connectivity index (χ0v) is 9.92. The van der Waals surface area contributed by atoms with E-state index in [4.69, 9.17) is 0 Å².